The molecule has 26 nitrogen and oxygen atoms in total. The number of guanidine groups is 2. The largest absolute Gasteiger partial charge is 0.480 e. The number of aliphatic hydroxyl groups is 1. The van der Waals surface area contributed by atoms with E-state index in [2.05, 4.69) is 41.9 Å². The summed E-state index contributed by atoms with van der Waals surface area (Å²) in [5, 5.41) is 45.6. The normalized spacial score (nSPS) is 25.4. The van der Waals surface area contributed by atoms with Crippen LogP contribution >= 0.6 is 0 Å². The molecule has 0 spiro atoms. The van der Waals surface area contributed by atoms with Crippen LogP contribution < -0.4 is 54.8 Å². The number of nitrogens with one attached hydrogen (secondary N) is 6. The van der Waals surface area contributed by atoms with Gasteiger partial charge in [-0.05, 0) is 57.9 Å². The van der Waals surface area contributed by atoms with Crippen molar-refractivity contribution in [3.63, 3.8) is 0 Å². The van der Waals surface area contributed by atoms with Crippen molar-refractivity contribution in [1.29, 1.82) is 0 Å². The predicted octanol–water partition coefficient (Wildman–Crippen LogP) is -2.53. The first-order chi connectivity index (χ1) is 35.3. The molecule has 416 valence electrons. The molecule has 1 aliphatic heterocycles. The first kappa shape index (κ1) is 63.5. The van der Waals surface area contributed by atoms with Gasteiger partial charge >= 0.3 is 11.9 Å². The van der Waals surface area contributed by atoms with Crippen molar-refractivity contribution >= 4 is 65.2 Å². The summed E-state index contributed by atoms with van der Waals surface area (Å²) in [5.74, 6) is -13.3. The van der Waals surface area contributed by atoms with Gasteiger partial charge in [0, 0.05) is 39.6 Å². The minimum absolute atomic E-state index is 0.00345. The molecule has 0 aromatic heterocycles. The number of hydrogen-bond acceptors (Lipinski definition) is 13. The van der Waals surface area contributed by atoms with Crippen molar-refractivity contribution in [1.82, 2.24) is 36.8 Å². The number of carbonyl (C=O) groups excluding carboxylic acids is 7. The van der Waals surface area contributed by atoms with Gasteiger partial charge in [0.1, 0.15) is 36.3 Å². The number of benzene rings is 1. The Morgan fingerprint density at radius 2 is 1.31 bits per heavy atom. The van der Waals surface area contributed by atoms with Gasteiger partial charge < -0.3 is 79.8 Å². The van der Waals surface area contributed by atoms with E-state index in [1.165, 1.54) is 26.8 Å². The highest BCUT2D eigenvalue weighted by molar-refractivity contribution is 5.97. The molecule has 7 amide bonds. The van der Waals surface area contributed by atoms with Gasteiger partial charge in [0.05, 0.1) is 30.6 Å². The van der Waals surface area contributed by atoms with Crippen LogP contribution in [0.5, 0.6) is 0 Å². The summed E-state index contributed by atoms with van der Waals surface area (Å²) in [6.07, 6.45) is 4.22. The number of carboxylic acids is 2. The molecule has 0 saturated carbocycles. The molecule has 1 aliphatic rings. The number of likely N-dealkylation sites (N-methyl/N-ethyl adjacent to an activating group) is 1. The molecular weight excluding hydrogens is 979 g/mol. The number of ether oxygens (including phenoxy) is 1. The molecule has 11 atom stereocenters. The molecule has 26 heteroatoms. The van der Waals surface area contributed by atoms with Crippen LogP contribution in [0.1, 0.15) is 78.7 Å². The van der Waals surface area contributed by atoms with Crippen molar-refractivity contribution in [3.8, 4) is 0 Å². The lowest BCUT2D eigenvalue weighted by molar-refractivity contribution is -0.146. The van der Waals surface area contributed by atoms with Crippen LogP contribution in [0.2, 0.25) is 0 Å². The number of rotatable bonds is 18. The van der Waals surface area contributed by atoms with E-state index in [-0.39, 0.29) is 62.7 Å². The van der Waals surface area contributed by atoms with E-state index < -0.39 is 127 Å². The summed E-state index contributed by atoms with van der Waals surface area (Å²) in [6.45, 7) is 6.59. The summed E-state index contributed by atoms with van der Waals surface area (Å²) in [6, 6.07) is -1.14. The summed E-state index contributed by atoms with van der Waals surface area (Å²) < 4.78 is 5.81. The van der Waals surface area contributed by atoms with Crippen LogP contribution in [-0.2, 0) is 54.3 Å². The van der Waals surface area contributed by atoms with Gasteiger partial charge in [-0.15, -0.1) is 0 Å². The molecule has 0 radical (unpaired) electrons. The number of carboxylic acid groups (broad SMARTS) is 2. The number of aliphatic hydroxyl groups excluding tert-OH is 1. The average Bonchev–Trinajstić information content (AvgIpc) is 3.35. The Morgan fingerprint density at radius 1 is 0.760 bits per heavy atom. The second-order valence-electron chi connectivity index (χ2n) is 18.4. The van der Waals surface area contributed by atoms with Gasteiger partial charge in [0.2, 0.25) is 41.4 Å². The van der Waals surface area contributed by atoms with Gasteiger partial charge in [-0.1, -0.05) is 74.9 Å². The average molecular weight is 1060 g/mol. The number of carbonyl (C=O) groups is 9. The number of nitrogens with two attached hydrogens (primary N) is 4. The third-order valence-electron chi connectivity index (χ3n) is 12.5. The lowest BCUT2D eigenvalue weighted by Gasteiger charge is -2.28. The van der Waals surface area contributed by atoms with Crippen LogP contribution in [-0.4, -0.2) is 168 Å². The first-order valence-electron chi connectivity index (χ1n) is 24.5. The standard InChI is InChI=1S/C49H77N13O13/c1-26(23-27(2)37(75-7)24-31-13-9-8-10-14-31)17-18-32-28(3)40(65)60-35(46(71)72)19-20-38(64)62(6)36(25-63)45(70)56-30(5)42(67)59-34(16-12-22-55-49(52)53)44(69)61-39(47(73)74)29(4)41(66)58-33(43(68)57-32)15-11-21-54-48(50)51/h8-10,13-14,17-18,23,27-30,32-37,39,63H,11-12,15-16,19-22,24-25H2,1-7H3,(H,56,70)(H,57,68)(H,58,66)(H,59,67)(H,60,65)(H,61,69)(H,71,72)(H,73,74)(H4,50,51,54)(H4,52,53,55)/b18-17+,26-23+/t27-,28-,29-,30+,32-,33-,34-,35+,36-,37-,39+/m0/s1. The number of aliphatic carboxylic acids is 2. The minimum Gasteiger partial charge on any atom is -0.480 e. The fourth-order valence-electron chi connectivity index (χ4n) is 7.82. The monoisotopic (exact) mass is 1060 g/mol. The second-order valence-corrected chi connectivity index (χ2v) is 18.4. The maximum absolute atomic E-state index is 14.4. The van der Waals surface area contributed by atoms with Crippen molar-refractivity contribution < 1.29 is 63.2 Å². The molecule has 1 fully saturated rings. The summed E-state index contributed by atoms with van der Waals surface area (Å²) in [7, 11) is 2.76. The molecule has 0 bridgehead atoms. The molecular formula is C49H77N13O13. The third-order valence-corrected chi connectivity index (χ3v) is 12.5. The smallest absolute Gasteiger partial charge is 0.327 e. The first-order valence-corrected chi connectivity index (χ1v) is 24.5. The molecule has 0 aliphatic carbocycles. The van der Waals surface area contributed by atoms with Crippen molar-refractivity contribution in [2.45, 2.75) is 128 Å². The zero-order valence-electron chi connectivity index (χ0n) is 43.6. The van der Waals surface area contributed by atoms with Crippen LogP contribution in [0.4, 0.5) is 0 Å². The van der Waals surface area contributed by atoms with Crippen LogP contribution in [0.15, 0.2) is 64.1 Å². The quantitative estimate of drug-likeness (QED) is 0.0312. The zero-order chi connectivity index (χ0) is 56.5. The van der Waals surface area contributed by atoms with Crippen molar-refractivity contribution in [3.05, 3.63) is 59.7 Å². The second kappa shape index (κ2) is 31.9. The number of hydrogen-bond donors (Lipinski definition) is 13. The Labute approximate surface area is 436 Å². The summed E-state index contributed by atoms with van der Waals surface area (Å²) in [4.78, 5) is 131. The molecule has 2 rings (SSSR count). The Balaban J connectivity index is 2.76. The minimum atomic E-state index is -1.96. The van der Waals surface area contributed by atoms with Gasteiger partial charge in [0.25, 0.3) is 0 Å². The highest BCUT2D eigenvalue weighted by atomic mass is 16.5. The Hall–Kier alpha value is -7.61. The van der Waals surface area contributed by atoms with E-state index in [1.54, 1.807) is 20.1 Å². The fraction of sp³-hybridized carbons (Fsp3) is 0.571. The van der Waals surface area contributed by atoms with Gasteiger partial charge in [0.15, 0.2) is 11.9 Å². The number of amides is 7. The summed E-state index contributed by atoms with van der Waals surface area (Å²) >= 11 is 0. The maximum Gasteiger partial charge on any atom is 0.327 e. The number of aliphatic imine (C=N–C) groups is 2. The molecule has 75 heavy (non-hydrogen) atoms. The van der Waals surface area contributed by atoms with E-state index in [1.807, 2.05) is 43.3 Å². The van der Waals surface area contributed by atoms with Gasteiger partial charge in [-0.3, -0.25) is 43.5 Å². The Bertz CT molecular complexity index is 2250. The number of nitrogens with zero attached hydrogens (tertiary/aromatic N) is 3. The molecule has 0 unspecified atom stereocenters. The van der Waals surface area contributed by atoms with E-state index in [0.29, 0.717) is 12.0 Å². The third kappa shape index (κ3) is 21.8. The van der Waals surface area contributed by atoms with Gasteiger partial charge in [-0.25, -0.2) is 9.59 Å². The molecule has 1 aromatic carbocycles. The lowest BCUT2D eigenvalue weighted by Crippen LogP contribution is -2.59. The molecule has 1 saturated heterocycles. The van der Waals surface area contributed by atoms with E-state index in [4.69, 9.17) is 27.7 Å². The van der Waals surface area contributed by atoms with Crippen LogP contribution in [0, 0.1) is 17.8 Å². The van der Waals surface area contributed by atoms with E-state index >= 15 is 0 Å². The Morgan fingerprint density at radius 3 is 1.83 bits per heavy atom. The SMILES string of the molecule is CO[C@@H](Cc1ccccc1)[C@@H](C)/C=C(C)/C=C/[C@@H]1NC(=O)[C@H](CCCN=C(N)N)NC(=O)[C@@H](C)[C@H](C(=O)O)NC(=O)[C@H](CCCN=C(N)N)NC(=O)[C@@H](C)NC(=O)[C@H](CO)N(C)C(=O)CC[C@H](C(=O)O)NC(=O)[C@H]1C. The van der Waals surface area contributed by atoms with Crippen LogP contribution in [0.25, 0.3) is 0 Å². The molecule has 17 N–H and O–H groups in total. The van der Waals surface area contributed by atoms with E-state index in [0.717, 1.165) is 17.5 Å². The van der Waals surface area contributed by atoms with Crippen LogP contribution in [0.3, 0.4) is 0 Å². The predicted molar refractivity (Wildman–Crippen MR) is 277 cm³/mol. The highest BCUT2D eigenvalue weighted by Crippen LogP contribution is 2.19. The lowest BCUT2D eigenvalue weighted by atomic mass is 9.94. The Kier molecular flexibility index (Phi) is 27.0. The van der Waals surface area contributed by atoms with Crippen molar-refractivity contribution in [2.24, 2.45) is 50.7 Å². The number of allylic oxidation sites excluding steroid dienone is 2. The van der Waals surface area contributed by atoms with Gasteiger partial charge in [-0.2, -0.15) is 0 Å². The van der Waals surface area contributed by atoms with Crippen molar-refractivity contribution in [2.75, 3.05) is 33.9 Å². The molecule has 1 aromatic rings. The van der Waals surface area contributed by atoms with E-state index in [9.17, 15) is 58.5 Å². The maximum atomic E-state index is 14.4. The molecule has 1 heterocycles. The number of methoxy groups -OCH3 is 1. The topological polar surface area (TPSA) is 428 Å². The highest BCUT2D eigenvalue weighted by Gasteiger charge is 2.38. The fourth-order valence-corrected chi connectivity index (χ4v) is 7.82. The zero-order valence-corrected chi connectivity index (χ0v) is 43.6. The summed E-state index contributed by atoms with van der Waals surface area (Å²) in [5.41, 5.74) is 23.6.